The first-order chi connectivity index (χ1) is 12.3. The SMILES string of the molecule is Ic1cc2nccc(Oc3cn(C4CC4)nc3C3CCOCC3)c2o1. The Bertz CT molecular complexity index is 910. The zero-order valence-electron chi connectivity index (χ0n) is 13.7. The van der Waals surface area contributed by atoms with Gasteiger partial charge in [-0.3, -0.25) is 9.67 Å². The Morgan fingerprint density at radius 2 is 2.00 bits per heavy atom. The molecule has 5 rings (SSSR count). The van der Waals surface area contributed by atoms with Crippen LogP contribution in [0.3, 0.4) is 0 Å². The number of nitrogens with zero attached hydrogens (tertiary/aromatic N) is 3. The van der Waals surface area contributed by atoms with Crippen molar-refractivity contribution in [2.75, 3.05) is 13.2 Å². The molecule has 3 aromatic heterocycles. The number of fused-ring (bicyclic) bond motifs is 1. The second kappa shape index (κ2) is 6.28. The maximum atomic E-state index is 6.29. The molecular weight excluding hydrogens is 433 g/mol. The summed E-state index contributed by atoms with van der Waals surface area (Å²) in [6.45, 7) is 1.58. The third kappa shape index (κ3) is 3.03. The van der Waals surface area contributed by atoms with E-state index in [0.717, 1.165) is 46.8 Å². The van der Waals surface area contributed by atoms with Crippen LogP contribution >= 0.6 is 22.6 Å². The molecular formula is C18H18IN3O3. The summed E-state index contributed by atoms with van der Waals surface area (Å²) in [5.41, 5.74) is 2.54. The highest BCUT2D eigenvalue weighted by Crippen LogP contribution is 2.41. The summed E-state index contributed by atoms with van der Waals surface area (Å²) in [7, 11) is 0. The smallest absolute Gasteiger partial charge is 0.196 e. The number of furan rings is 1. The topological polar surface area (TPSA) is 62.3 Å². The van der Waals surface area contributed by atoms with Crippen molar-refractivity contribution >= 4 is 33.7 Å². The fraction of sp³-hybridized carbons (Fsp3) is 0.444. The van der Waals surface area contributed by atoms with E-state index < -0.39 is 0 Å². The van der Waals surface area contributed by atoms with Gasteiger partial charge >= 0.3 is 0 Å². The number of halogens is 1. The zero-order valence-corrected chi connectivity index (χ0v) is 15.8. The first-order valence-corrected chi connectivity index (χ1v) is 9.74. The molecule has 1 saturated heterocycles. The second-order valence-corrected chi connectivity index (χ2v) is 7.72. The summed E-state index contributed by atoms with van der Waals surface area (Å²) in [6, 6.07) is 4.29. The molecule has 0 bridgehead atoms. The lowest BCUT2D eigenvalue weighted by Crippen LogP contribution is -2.15. The minimum absolute atomic E-state index is 0.387. The minimum atomic E-state index is 0.387. The van der Waals surface area contributed by atoms with Crippen molar-refractivity contribution in [3.05, 3.63) is 34.0 Å². The third-order valence-corrected chi connectivity index (χ3v) is 5.35. The lowest BCUT2D eigenvalue weighted by molar-refractivity contribution is 0.0839. The second-order valence-electron chi connectivity index (χ2n) is 6.65. The van der Waals surface area contributed by atoms with Gasteiger partial charge in [0.15, 0.2) is 20.8 Å². The van der Waals surface area contributed by atoms with Gasteiger partial charge in [-0.1, -0.05) is 0 Å². The van der Waals surface area contributed by atoms with Crippen molar-refractivity contribution in [2.24, 2.45) is 0 Å². The van der Waals surface area contributed by atoms with E-state index in [0.29, 0.717) is 23.3 Å². The van der Waals surface area contributed by atoms with Gasteiger partial charge in [0.1, 0.15) is 11.2 Å². The van der Waals surface area contributed by atoms with Crippen LogP contribution < -0.4 is 4.74 Å². The lowest BCUT2D eigenvalue weighted by atomic mass is 9.96. The molecule has 0 unspecified atom stereocenters. The fourth-order valence-corrected chi connectivity index (χ4v) is 3.85. The van der Waals surface area contributed by atoms with E-state index in [1.165, 1.54) is 12.8 Å². The molecule has 0 spiro atoms. The maximum Gasteiger partial charge on any atom is 0.196 e. The monoisotopic (exact) mass is 451 g/mol. The van der Waals surface area contributed by atoms with Crippen LogP contribution in [0, 0.1) is 3.77 Å². The normalized spacial score (nSPS) is 18.8. The summed E-state index contributed by atoms with van der Waals surface area (Å²) < 4.78 is 20.4. The lowest BCUT2D eigenvalue weighted by Gasteiger charge is -2.21. The Kier molecular flexibility index (Phi) is 3.93. The van der Waals surface area contributed by atoms with E-state index in [9.17, 15) is 0 Å². The predicted molar refractivity (Wildman–Crippen MR) is 100 cm³/mol. The summed E-state index contributed by atoms with van der Waals surface area (Å²) in [5, 5.41) is 4.87. The van der Waals surface area contributed by atoms with Gasteiger partial charge in [0.2, 0.25) is 0 Å². The standard InChI is InChI=1S/C18H18IN3O3/c19-16-9-13-18(25-16)14(3-6-20-13)24-15-10-22(12-1-2-12)21-17(15)11-4-7-23-8-5-11/h3,6,9-12H,1-2,4-5,7-8H2. The van der Waals surface area contributed by atoms with Crippen molar-refractivity contribution in [3.8, 4) is 11.5 Å². The van der Waals surface area contributed by atoms with E-state index in [4.69, 9.17) is 19.0 Å². The maximum absolute atomic E-state index is 6.29. The summed E-state index contributed by atoms with van der Waals surface area (Å²) >= 11 is 2.15. The third-order valence-electron chi connectivity index (χ3n) is 4.82. The molecule has 3 aromatic rings. The summed E-state index contributed by atoms with van der Waals surface area (Å²) in [4.78, 5) is 4.34. The molecule has 0 aromatic carbocycles. The van der Waals surface area contributed by atoms with E-state index in [1.54, 1.807) is 6.20 Å². The van der Waals surface area contributed by atoms with Crippen LogP contribution in [-0.4, -0.2) is 28.0 Å². The molecule has 1 aliphatic heterocycles. The number of hydrogen-bond acceptors (Lipinski definition) is 5. The average molecular weight is 451 g/mol. The number of aromatic nitrogens is 3. The Labute approximate surface area is 158 Å². The first-order valence-electron chi connectivity index (χ1n) is 8.66. The van der Waals surface area contributed by atoms with Crippen molar-refractivity contribution in [1.82, 2.24) is 14.8 Å². The minimum Gasteiger partial charge on any atom is -0.450 e. The molecule has 4 heterocycles. The molecule has 0 amide bonds. The number of rotatable bonds is 4. The molecule has 0 atom stereocenters. The number of ether oxygens (including phenoxy) is 2. The molecule has 6 nitrogen and oxygen atoms in total. The van der Waals surface area contributed by atoms with Gasteiger partial charge < -0.3 is 13.9 Å². The molecule has 7 heteroatoms. The van der Waals surface area contributed by atoms with Crippen LogP contribution in [0.1, 0.15) is 43.3 Å². The number of hydrogen-bond donors (Lipinski definition) is 0. The van der Waals surface area contributed by atoms with E-state index >= 15 is 0 Å². The highest BCUT2D eigenvalue weighted by molar-refractivity contribution is 14.1. The highest BCUT2D eigenvalue weighted by Gasteiger charge is 2.30. The quantitative estimate of drug-likeness (QED) is 0.541. The van der Waals surface area contributed by atoms with Crippen LogP contribution in [0.4, 0.5) is 0 Å². The van der Waals surface area contributed by atoms with Gasteiger partial charge in [-0.2, -0.15) is 5.10 Å². The molecule has 1 saturated carbocycles. The van der Waals surface area contributed by atoms with Crippen molar-refractivity contribution in [3.63, 3.8) is 0 Å². The van der Waals surface area contributed by atoms with Crippen LogP contribution in [0.25, 0.3) is 11.1 Å². The Balaban J connectivity index is 1.53. The van der Waals surface area contributed by atoms with Crippen LogP contribution in [0.5, 0.6) is 11.5 Å². The fourth-order valence-electron chi connectivity index (χ4n) is 3.33. The van der Waals surface area contributed by atoms with Crippen LogP contribution in [0.2, 0.25) is 0 Å². The van der Waals surface area contributed by atoms with Gasteiger partial charge in [-0.15, -0.1) is 0 Å². The van der Waals surface area contributed by atoms with E-state index in [1.807, 2.05) is 18.3 Å². The van der Waals surface area contributed by atoms with Gasteiger partial charge in [0, 0.05) is 37.5 Å². The zero-order chi connectivity index (χ0) is 16.8. The molecule has 0 N–H and O–H groups in total. The van der Waals surface area contributed by atoms with Crippen molar-refractivity contribution in [2.45, 2.75) is 37.6 Å². The Morgan fingerprint density at radius 3 is 2.80 bits per heavy atom. The van der Waals surface area contributed by atoms with Crippen molar-refractivity contribution in [1.29, 1.82) is 0 Å². The van der Waals surface area contributed by atoms with Crippen LogP contribution in [0.15, 0.2) is 28.9 Å². The molecule has 130 valence electrons. The Morgan fingerprint density at radius 1 is 1.16 bits per heavy atom. The van der Waals surface area contributed by atoms with Gasteiger partial charge in [0.05, 0.1) is 12.2 Å². The summed E-state index contributed by atoms with van der Waals surface area (Å²) in [6.07, 6.45) is 8.17. The molecule has 1 aliphatic carbocycles. The van der Waals surface area contributed by atoms with E-state index in [2.05, 4.69) is 32.3 Å². The number of pyridine rings is 1. The Hall–Kier alpha value is -1.61. The molecule has 2 aliphatic rings. The predicted octanol–water partition coefficient (Wildman–Crippen LogP) is 4.65. The van der Waals surface area contributed by atoms with Crippen LogP contribution in [-0.2, 0) is 4.74 Å². The largest absolute Gasteiger partial charge is 0.450 e. The molecule has 2 fully saturated rings. The van der Waals surface area contributed by atoms with Gasteiger partial charge in [0.25, 0.3) is 0 Å². The first kappa shape index (κ1) is 15.6. The van der Waals surface area contributed by atoms with Crippen molar-refractivity contribution < 1.29 is 13.9 Å². The van der Waals surface area contributed by atoms with E-state index in [-0.39, 0.29) is 0 Å². The van der Waals surface area contributed by atoms with Gasteiger partial charge in [-0.05, 0) is 48.3 Å². The average Bonchev–Trinajstić information content (AvgIpc) is 3.28. The molecule has 25 heavy (non-hydrogen) atoms. The van der Waals surface area contributed by atoms with Gasteiger partial charge in [-0.25, -0.2) is 0 Å². The summed E-state index contributed by atoms with van der Waals surface area (Å²) in [5.74, 6) is 1.91. The highest BCUT2D eigenvalue weighted by atomic mass is 127. The molecule has 0 radical (unpaired) electrons.